The van der Waals surface area contributed by atoms with Gasteiger partial charge in [-0.05, 0) is 56.3 Å². The zero-order valence-corrected chi connectivity index (χ0v) is 24.7. The van der Waals surface area contributed by atoms with Crippen LogP contribution >= 0.6 is 11.3 Å². The molecule has 10 heteroatoms. The van der Waals surface area contributed by atoms with E-state index in [0.29, 0.717) is 34.7 Å². The number of aryl methyl sites for hydroxylation is 3. The zero-order valence-electron chi connectivity index (χ0n) is 23.9. The first-order valence-corrected chi connectivity index (χ1v) is 14.2. The number of hydrogen-bond donors (Lipinski definition) is 3. The molecular formula is C32H31N7O2S. The summed E-state index contributed by atoms with van der Waals surface area (Å²) in [5.41, 5.74) is 8.89. The van der Waals surface area contributed by atoms with Crippen molar-refractivity contribution < 1.29 is 4.79 Å². The Bertz CT molecular complexity index is 1940. The van der Waals surface area contributed by atoms with Crippen LogP contribution in [0.5, 0.6) is 0 Å². The summed E-state index contributed by atoms with van der Waals surface area (Å²) >= 11 is 1.53. The van der Waals surface area contributed by atoms with Crippen LogP contribution in [0.1, 0.15) is 50.2 Å². The van der Waals surface area contributed by atoms with Gasteiger partial charge in [0, 0.05) is 30.5 Å². The highest BCUT2D eigenvalue weighted by Gasteiger charge is 2.25. The van der Waals surface area contributed by atoms with Crippen LogP contribution < -0.4 is 21.9 Å². The summed E-state index contributed by atoms with van der Waals surface area (Å²) in [7, 11) is 1.70. The predicted molar refractivity (Wildman–Crippen MR) is 169 cm³/mol. The Morgan fingerprint density at radius 1 is 1.17 bits per heavy atom. The monoisotopic (exact) mass is 577 g/mol. The summed E-state index contributed by atoms with van der Waals surface area (Å²) in [6.45, 7) is 9.86. The van der Waals surface area contributed by atoms with E-state index < -0.39 is 11.9 Å². The van der Waals surface area contributed by atoms with Crippen molar-refractivity contribution in [1.82, 2.24) is 24.6 Å². The summed E-state index contributed by atoms with van der Waals surface area (Å²) in [6, 6.07) is 16.3. The van der Waals surface area contributed by atoms with E-state index >= 15 is 0 Å². The molecule has 5 aromatic rings. The molecule has 5 rings (SSSR count). The van der Waals surface area contributed by atoms with Gasteiger partial charge in [0.1, 0.15) is 16.3 Å². The van der Waals surface area contributed by atoms with Gasteiger partial charge in [-0.25, -0.2) is 4.98 Å². The van der Waals surface area contributed by atoms with E-state index in [0.717, 1.165) is 21.0 Å². The van der Waals surface area contributed by atoms with E-state index in [1.807, 2.05) is 75.4 Å². The lowest BCUT2D eigenvalue weighted by Crippen LogP contribution is -2.32. The largest absolute Gasteiger partial charge is 0.381 e. The van der Waals surface area contributed by atoms with Gasteiger partial charge in [0.25, 0.3) is 11.5 Å². The van der Waals surface area contributed by atoms with Crippen molar-refractivity contribution in [3.63, 3.8) is 0 Å². The lowest BCUT2D eigenvalue weighted by molar-refractivity contribution is 0.0940. The molecular weight excluding hydrogens is 546 g/mol. The summed E-state index contributed by atoms with van der Waals surface area (Å²) in [6.07, 6.45) is 1.68. The molecule has 42 heavy (non-hydrogen) atoms. The minimum Gasteiger partial charge on any atom is -0.381 e. The third kappa shape index (κ3) is 5.42. The Morgan fingerprint density at radius 2 is 1.93 bits per heavy atom. The van der Waals surface area contributed by atoms with Crippen molar-refractivity contribution >= 4 is 39.7 Å². The van der Waals surface area contributed by atoms with Crippen molar-refractivity contribution in [1.29, 1.82) is 0 Å². The van der Waals surface area contributed by atoms with Gasteiger partial charge in [-0.3, -0.25) is 18.8 Å². The Morgan fingerprint density at radius 3 is 2.62 bits per heavy atom. The molecule has 0 aliphatic carbocycles. The number of para-hydroxylation sites is 1. The second-order valence-electron chi connectivity index (χ2n) is 9.81. The number of fused-ring (bicyclic) bond motifs is 1. The van der Waals surface area contributed by atoms with Crippen LogP contribution in [0.2, 0.25) is 0 Å². The highest BCUT2D eigenvalue weighted by atomic mass is 32.1. The molecule has 1 unspecified atom stereocenters. The summed E-state index contributed by atoms with van der Waals surface area (Å²) in [4.78, 5) is 33.1. The van der Waals surface area contributed by atoms with Crippen molar-refractivity contribution in [2.24, 2.45) is 7.05 Å². The minimum atomic E-state index is -0.570. The van der Waals surface area contributed by atoms with E-state index in [4.69, 9.17) is 5.73 Å². The van der Waals surface area contributed by atoms with Gasteiger partial charge in [0.2, 0.25) is 0 Å². The number of amides is 1. The van der Waals surface area contributed by atoms with Crippen LogP contribution in [0.25, 0.3) is 16.5 Å². The molecule has 0 fully saturated rings. The van der Waals surface area contributed by atoms with Crippen LogP contribution in [0.4, 0.5) is 11.6 Å². The standard InChI is InChI=1S/C32H31N7O2S/c1-6-17-34-30-28(29(33)37-38(30)5)31(40)36-19(2)25-18-23-12-10-11-22(15-16-26-20(3)35-21(4)42-26)27(23)32(41)39(25)24-13-8-7-9-14-24/h6-14,18-19,34H,1,17H2,2-5H3,(H2,33,37)(H,36,40). The molecule has 3 heterocycles. The number of pyridine rings is 1. The maximum Gasteiger partial charge on any atom is 0.264 e. The second kappa shape index (κ2) is 11.8. The molecule has 3 aromatic heterocycles. The molecule has 0 saturated carbocycles. The molecule has 0 saturated heterocycles. The normalized spacial score (nSPS) is 11.5. The van der Waals surface area contributed by atoms with Gasteiger partial charge < -0.3 is 16.4 Å². The van der Waals surface area contributed by atoms with E-state index in [1.165, 1.54) is 16.0 Å². The molecule has 2 aromatic carbocycles. The molecule has 0 aliphatic rings. The van der Waals surface area contributed by atoms with Gasteiger partial charge >= 0.3 is 0 Å². The lowest BCUT2D eigenvalue weighted by Gasteiger charge is -2.21. The number of benzene rings is 2. The van der Waals surface area contributed by atoms with Gasteiger partial charge in [0.05, 0.1) is 22.1 Å². The number of rotatable bonds is 7. The first-order valence-electron chi connectivity index (χ1n) is 13.4. The predicted octanol–water partition coefficient (Wildman–Crippen LogP) is 4.87. The van der Waals surface area contributed by atoms with E-state index in [1.54, 1.807) is 17.7 Å². The Balaban J connectivity index is 1.62. The SMILES string of the molecule is C=CCNc1c(C(=O)NC(C)c2cc3cccc(C#Cc4sc(C)nc4C)c3c(=O)n2-c2ccccc2)c(N)nn1C. The number of nitrogens with one attached hydrogen (secondary N) is 2. The van der Waals surface area contributed by atoms with Crippen molar-refractivity contribution in [2.45, 2.75) is 26.8 Å². The molecule has 0 bridgehead atoms. The number of nitrogens with two attached hydrogens (primary N) is 1. The second-order valence-corrected chi connectivity index (χ2v) is 11.0. The minimum absolute atomic E-state index is 0.0994. The van der Waals surface area contributed by atoms with Crippen LogP contribution in [-0.2, 0) is 7.05 Å². The number of aromatic nitrogens is 4. The molecule has 0 aliphatic heterocycles. The third-order valence-corrected chi connectivity index (χ3v) is 7.80. The van der Waals surface area contributed by atoms with Gasteiger partial charge in [-0.1, -0.05) is 42.3 Å². The van der Waals surface area contributed by atoms with Crippen LogP contribution in [0.3, 0.4) is 0 Å². The lowest BCUT2D eigenvalue weighted by atomic mass is 10.0. The van der Waals surface area contributed by atoms with E-state index in [-0.39, 0.29) is 16.9 Å². The first-order chi connectivity index (χ1) is 20.2. The number of nitrogen functional groups attached to an aromatic ring is 1. The Labute approximate surface area is 247 Å². The number of anilines is 2. The average molecular weight is 578 g/mol. The maximum absolute atomic E-state index is 14.3. The fourth-order valence-corrected chi connectivity index (χ4v) is 5.68. The number of thiazole rings is 1. The highest BCUT2D eigenvalue weighted by molar-refractivity contribution is 7.12. The van der Waals surface area contributed by atoms with Crippen molar-refractivity contribution in [2.75, 3.05) is 17.6 Å². The number of carbonyl (C=O) groups is 1. The molecule has 0 spiro atoms. The number of carbonyl (C=O) groups excluding carboxylic acids is 1. The Kier molecular flexibility index (Phi) is 7.95. The number of hydrogen-bond acceptors (Lipinski definition) is 7. The molecule has 4 N–H and O–H groups in total. The summed E-state index contributed by atoms with van der Waals surface area (Å²) < 4.78 is 3.15. The Hall–Kier alpha value is -5.14. The van der Waals surface area contributed by atoms with Crippen LogP contribution in [0.15, 0.2) is 72.0 Å². The third-order valence-electron chi connectivity index (χ3n) is 6.81. The quantitative estimate of drug-likeness (QED) is 0.188. The first kappa shape index (κ1) is 28.4. The average Bonchev–Trinajstić information content (AvgIpc) is 3.45. The summed E-state index contributed by atoms with van der Waals surface area (Å²) in [5.74, 6) is 6.58. The maximum atomic E-state index is 14.3. The molecule has 1 amide bonds. The van der Waals surface area contributed by atoms with Crippen LogP contribution in [0, 0.1) is 25.7 Å². The molecule has 212 valence electrons. The topological polar surface area (TPSA) is 120 Å². The van der Waals surface area contributed by atoms with Crippen molar-refractivity contribution in [3.05, 3.63) is 110 Å². The molecule has 1 atom stereocenters. The van der Waals surface area contributed by atoms with Crippen LogP contribution in [-0.4, -0.2) is 31.8 Å². The zero-order chi connectivity index (χ0) is 30.0. The van der Waals surface area contributed by atoms with Gasteiger partial charge in [0.15, 0.2) is 5.82 Å². The van der Waals surface area contributed by atoms with Gasteiger partial charge in [-0.2, -0.15) is 5.10 Å². The fourth-order valence-electron chi connectivity index (χ4n) is 4.90. The van der Waals surface area contributed by atoms with E-state index in [9.17, 15) is 9.59 Å². The molecule has 9 nitrogen and oxygen atoms in total. The smallest absolute Gasteiger partial charge is 0.264 e. The summed E-state index contributed by atoms with van der Waals surface area (Å²) in [5, 5.41) is 12.5. The van der Waals surface area contributed by atoms with Crippen molar-refractivity contribution in [3.8, 4) is 17.5 Å². The molecule has 0 radical (unpaired) electrons. The highest BCUT2D eigenvalue weighted by Crippen LogP contribution is 2.26. The van der Waals surface area contributed by atoms with E-state index in [2.05, 4.69) is 39.1 Å². The number of nitrogens with zero attached hydrogens (tertiary/aromatic N) is 4. The fraction of sp³-hybridized carbons (Fsp3) is 0.188. The van der Waals surface area contributed by atoms with Gasteiger partial charge in [-0.15, -0.1) is 17.9 Å².